The normalized spacial score (nSPS) is 15.6. The average molecular weight is 362 g/mol. The first-order valence-electron chi connectivity index (χ1n) is 9.23. The first-order valence-corrected chi connectivity index (χ1v) is 9.23. The van der Waals surface area contributed by atoms with E-state index in [1.807, 2.05) is 56.3 Å². The lowest BCUT2D eigenvalue weighted by atomic mass is 9.82. The molecule has 0 fully saturated rings. The number of hydrazone groups is 1. The number of allylic oxidation sites excluding steroid dienone is 1. The van der Waals surface area contributed by atoms with Crippen LogP contribution in [0, 0.1) is 5.41 Å². The molecule has 0 aliphatic carbocycles. The van der Waals surface area contributed by atoms with E-state index < -0.39 is 5.41 Å². The number of ether oxygens (including phenoxy) is 1. The first-order chi connectivity index (χ1) is 12.9. The van der Waals surface area contributed by atoms with Gasteiger partial charge in [-0.1, -0.05) is 49.0 Å². The second kappa shape index (κ2) is 7.78. The molecule has 1 amide bonds. The summed E-state index contributed by atoms with van der Waals surface area (Å²) < 4.78 is 5.32. The van der Waals surface area contributed by atoms with Gasteiger partial charge in [0.15, 0.2) is 0 Å². The molecule has 0 saturated carbocycles. The SMILES string of the molecule is C=C1N(C(=O)CCCc2ccccc2)N=C(c2cccc(OC)c2)C1(C)C. The highest BCUT2D eigenvalue weighted by Crippen LogP contribution is 2.39. The lowest BCUT2D eigenvalue weighted by molar-refractivity contribution is -0.129. The van der Waals surface area contributed by atoms with Crippen molar-refractivity contribution in [3.8, 4) is 5.75 Å². The fourth-order valence-corrected chi connectivity index (χ4v) is 3.28. The standard InChI is InChI=1S/C23H26N2O2/c1-17-23(2,3)22(19-13-9-14-20(16-19)27-4)24-25(17)21(26)15-8-12-18-10-6-5-7-11-18/h5-7,9-11,13-14,16H,1,8,12,15H2,2-4H3. The molecule has 4 nitrogen and oxygen atoms in total. The van der Waals surface area contributed by atoms with Crippen LogP contribution in [0.3, 0.4) is 0 Å². The Balaban J connectivity index is 1.74. The van der Waals surface area contributed by atoms with E-state index in [0.717, 1.165) is 29.9 Å². The highest BCUT2D eigenvalue weighted by Gasteiger charge is 2.41. The predicted octanol–water partition coefficient (Wildman–Crippen LogP) is 4.80. The minimum absolute atomic E-state index is 0.0121. The molecule has 0 N–H and O–H groups in total. The molecule has 0 radical (unpaired) electrons. The molecular formula is C23H26N2O2. The van der Waals surface area contributed by atoms with E-state index in [-0.39, 0.29) is 5.91 Å². The Bertz CT molecular complexity index is 869. The van der Waals surface area contributed by atoms with Crippen molar-refractivity contribution in [2.45, 2.75) is 33.1 Å². The Hall–Kier alpha value is -2.88. The third-order valence-electron chi connectivity index (χ3n) is 5.05. The summed E-state index contributed by atoms with van der Waals surface area (Å²) in [6.07, 6.45) is 2.11. The van der Waals surface area contributed by atoms with E-state index in [1.54, 1.807) is 7.11 Å². The largest absolute Gasteiger partial charge is 0.497 e. The van der Waals surface area contributed by atoms with Gasteiger partial charge in [0.2, 0.25) is 5.91 Å². The number of carbonyl (C=O) groups is 1. The van der Waals surface area contributed by atoms with Crippen molar-refractivity contribution in [1.82, 2.24) is 5.01 Å². The molecule has 2 aromatic rings. The van der Waals surface area contributed by atoms with Crippen molar-refractivity contribution in [2.24, 2.45) is 10.5 Å². The molecule has 3 rings (SSSR count). The summed E-state index contributed by atoms with van der Waals surface area (Å²) in [6.45, 7) is 8.25. The molecule has 140 valence electrons. The van der Waals surface area contributed by atoms with E-state index in [1.165, 1.54) is 10.6 Å². The number of hydrogen-bond donors (Lipinski definition) is 0. The quantitative estimate of drug-likeness (QED) is 0.740. The molecule has 2 aromatic carbocycles. The van der Waals surface area contributed by atoms with Gasteiger partial charge < -0.3 is 4.74 Å². The first kappa shape index (κ1) is 18.9. The molecule has 1 aliphatic heterocycles. The van der Waals surface area contributed by atoms with Gasteiger partial charge in [-0.3, -0.25) is 4.79 Å². The van der Waals surface area contributed by atoms with Crippen molar-refractivity contribution in [1.29, 1.82) is 0 Å². The number of rotatable bonds is 6. The maximum Gasteiger partial charge on any atom is 0.247 e. The number of nitrogens with zero attached hydrogens (tertiary/aromatic N) is 2. The summed E-state index contributed by atoms with van der Waals surface area (Å²) in [5.41, 5.74) is 3.32. The van der Waals surface area contributed by atoms with Crippen LogP contribution in [0.5, 0.6) is 5.75 Å². The summed E-state index contributed by atoms with van der Waals surface area (Å²) in [5.74, 6) is 0.756. The van der Waals surface area contributed by atoms with Gasteiger partial charge in [0.25, 0.3) is 0 Å². The second-order valence-corrected chi connectivity index (χ2v) is 7.30. The Morgan fingerprint density at radius 1 is 1.15 bits per heavy atom. The minimum atomic E-state index is -0.415. The van der Waals surface area contributed by atoms with Crippen LogP contribution in [0.1, 0.15) is 37.8 Å². The second-order valence-electron chi connectivity index (χ2n) is 7.30. The number of carbonyl (C=O) groups excluding carboxylic acids is 1. The molecule has 1 aliphatic rings. The van der Waals surface area contributed by atoms with Crippen molar-refractivity contribution >= 4 is 11.6 Å². The summed E-state index contributed by atoms with van der Waals surface area (Å²) in [5, 5.41) is 6.12. The van der Waals surface area contributed by atoms with Crippen molar-refractivity contribution in [3.05, 3.63) is 78.0 Å². The third kappa shape index (κ3) is 3.95. The van der Waals surface area contributed by atoms with E-state index in [0.29, 0.717) is 12.1 Å². The highest BCUT2D eigenvalue weighted by atomic mass is 16.5. The van der Waals surface area contributed by atoms with E-state index in [4.69, 9.17) is 4.74 Å². The van der Waals surface area contributed by atoms with Crippen LogP contribution >= 0.6 is 0 Å². The van der Waals surface area contributed by atoms with Gasteiger partial charge in [0, 0.05) is 12.0 Å². The third-order valence-corrected chi connectivity index (χ3v) is 5.05. The zero-order valence-electron chi connectivity index (χ0n) is 16.2. The van der Waals surface area contributed by atoms with E-state index in [9.17, 15) is 4.79 Å². The van der Waals surface area contributed by atoms with Crippen molar-refractivity contribution < 1.29 is 9.53 Å². The molecule has 0 bridgehead atoms. The molecule has 0 unspecified atom stereocenters. The van der Waals surface area contributed by atoms with Crippen LogP contribution in [0.25, 0.3) is 0 Å². The number of amides is 1. The van der Waals surface area contributed by atoms with Gasteiger partial charge in [-0.05, 0) is 44.4 Å². The maximum atomic E-state index is 12.8. The number of methoxy groups -OCH3 is 1. The molecule has 27 heavy (non-hydrogen) atoms. The monoisotopic (exact) mass is 362 g/mol. The average Bonchev–Trinajstić information content (AvgIpc) is 2.92. The Labute approximate surface area is 161 Å². The van der Waals surface area contributed by atoms with E-state index in [2.05, 4.69) is 23.8 Å². The topological polar surface area (TPSA) is 41.9 Å². The smallest absolute Gasteiger partial charge is 0.247 e. The summed E-state index contributed by atoms with van der Waals surface area (Å²) in [4.78, 5) is 12.8. The zero-order valence-corrected chi connectivity index (χ0v) is 16.2. The Morgan fingerprint density at radius 3 is 2.59 bits per heavy atom. The maximum absolute atomic E-state index is 12.8. The number of benzene rings is 2. The summed E-state index contributed by atoms with van der Waals surface area (Å²) >= 11 is 0. The van der Waals surface area contributed by atoms with Gasteiger partial charge in [-0.15, -0.1) is 0 Å². The molecular weight excluding hydrogens is 336 g/mol. The van der Waals surface area contributed by atoms with Crippen LogP contribution in [-0.2, 0) is 11.2 Å². The minimum Gasteiger partial charge on any atom is -0.497 e. The number of aryl methyl sites for hydroxylation is 1. The van der Waals surface area contributed by atoms with Crippen LogP contribution in [0.4, 0.5) is 0 Å². The highest BCUT2D eigenvalue weighted by molar-refractivity contribution is 6.08. The van der Waals surface area contributed by atoms with Gasteiger partial charge in [0.1, 0.15) is 5.75 Å². The fraction of sp³-hybridized carbons (Fsp3) is 0.304. The summed E-state index contributed by atoms with van der Waals surface area (Å²) in [6, 6.07) is 18.0. The van der Waals surface area contributed by atoms with Gasteiger partial charge in [0.05, 0.1) is 23.9 Å². The molecule has 4 heteroatoms. The lowest BCUT2D eigenvalue weighted by Crippen LogP contribution is -2.28. The zero-order chi connectivity index (χ0) is 19.4. The van der Waals surface area contributed by atoms with Crippen LogP contribution in [0.2, 0.25) is 0 Å². The lowest BCUT2D eigenvalue weighted by Gasteiger charge is -2.23. The van der Waals surface area contributed by atoms with Crippen LogP contribution < -0.4 is 4.74 Å². The molecule has 0 aromatic heterocycles. The summed E-state index contributed by atoms with van der Waals surface area (Å²) in [7, 11) is 1.64. The van der Waals surface area contributed by atoms with Gasteiger partial charge in [-0.25, -0.2) is 5.01 Å². The fourth-order valence-electron chi connectivity index (χ4n) is 3.28. The van der Waals surface area contributed by atoms with Crippen LogP contribution in [0.15, 0.2) is 72.0 Å². The Kier molecular flexibility index (Phi) is 5.45. The molecule has 0 atom stereocenters. The van der Waals surface area contributed by atoms with Crippen LogP contribution in [-0.4, -0.2) is 23.7 Å². The molecule has 1 heterocycles. The van der Waals surface area contributed by atoms with E-state index >= 15 is 0 Å². The van der Waals surface area contributed by atoms with Gasteiger partial charge in [-0.2, -0.15) is 5.10 Å². The van der Waals surface area contributed by atoms with Crippen molar-refractivity contribution in [2.75, 3.05) is 7.11 Å². The Morgan fingerprint density at radius 2 is 1.89 bits per heavy atom. The number of hydrogen-bond acceptors (Lipinski definition) is 3. The van der Waals surface area contributed by atoms with Gasteiger partial charge >= 0.3 is 0 Å². The van der Waals surface area contributed by atoms with Crippen molar-refractivity contribution in [3.63, 3.8) is 0 Å². The molecule has 0 saturated heterocycles. The predicted molar refractivity (Wildman–Crippen MR) is 109 cm³/mol. The molecule has 0 spiro atoms.